The summed E-state index contributed by atoms with van der Waals surface area (Å²) in [6.07, 6.45) is 5.65. The lowest BCUT2D eigenvalue weighted by molar-refractivity contribution is 0.0436. The van der Waals surface area contributed by atoms with E-state index in [2.05, 4.69) is 0 Å². The third kappa shape index (κ3) is 4.48. The number of aryl methyl sites for hydroxylation is 2. The topological polar surface area (TPSA) is 72.9 Å². The summed E-state index contributed by atoms with van der Waals surface area (Å²) in [5.74, 6) is 0.951. The van der Waals surface area contributed by atoms with Crippen LogP contribution in [-0.2, 0) is 14.8 Å². The van der Waals surface area contributed by atoms with E-state index in [0.717, 1.165) is 62.9 Å². The molecule has 0 radical (unpaired) electrons. The molecule has 7 heteroatoms. The van der Waals surface area contributed by atoms with Gasteiger partial charge in [0.2, 0.25) is 0 Å². The molecule has 0 bridgehead atoms. The van der Waals surface area contributed by atoms with E-state index in [1.54, 1.807) is 16.4 Å². The monoisotopic (exact) mass is 483 g/mol. The van der Waals surface area contributed by atoms with Crippen LogP contribution in [0.3, 0.4) is 0 Å². The maximum atomic E-state index is 13.9. The molecule has 1 aliphatic carbocycles. The van der Waals surface area contributed by atoms with Crippen molar-refractivity contribution in [2.75, 3.05) is 17.5 Å². The van der Waals surface area contributed by atoms with Crippen molar-refractivity contribution in [2.45, 2.75) is 75.8 Å². The van der Waals surface area contributed by atoms with Gasteiger partial charge in [-0.3, -0.25) is 9.10 Å². The number of ketones is 1. The van der Waals surface area contributed by atoms with Crippen molar-refractivity contribution in [3.8, 4) is 5.75 Å². The zero-order valence-electron chi connectivity index (χ0n) is 20.0. The molecule has 2 aromatic rings. The Balaban J connectivity index is 1.43. The molecule has 0 N–H and O–H groups in total. The smallest absolute Gasteiger partial charge is 0.264 e. The van der Waals surface area contributed by atoms with Gasteiger partial charge in [-0.05, 0) is 88.1 Å². The Morgan fingerprint density at radius 2 is 1.76 bits per heavy atom. The molecule has 2 aliphatic heterocycles. The van der Waals surface area contributed by atoms with Gasteiger partial charge in [-0.2, -0.15) is 0 Å². The fraction of sp³-hybridized carbons (Fsp3) is 0.519. The lowest BCUT2D eigenvalue weighted by atomic mass is 9.89. The number of nitrogens with zero attached hydrogens (tertiary/aromatic N) is 1. The quantitative estimate of drug-likeness (QED) is 0.565. The van der Waals surface area contributed by atoms with Crippen LogP contribution < -0.4 is 9.04 Å². The summed E-state index contributed by atoms with van der Waals surface area (Å²) in [5, 5.41) is 0. The number of benzene rings is 2. The first-order valence-corrected chi connectivity index (χ1v) is 13.8. The molecule has 2 aromatic carbocycles. The second kappa shape index (κ2) is 9.34. The molecule has 1 atom stereocenters. The Bertz CT molecular complexity index is 1180. The Labute approximate surface area is 202 Å². The van der Waals surface area contributed by atoms with Crippen molar-refractivity contribution < 1.29 is 22.7 Å². The molecular weight excluding hydrogens is 450 g/mol. The lowest BCUT2D eigenvalue weighted by Gasteiger charge is -2.39. The second-order valence-corrected chi connectivity index (χ2v) is 11.8. The molecule has 1 saturated heterocycles. The Morgan fingerprint density at radius 3 is 2.44 bits per heavy atom. The zero-order chi connectivity index (χ0) is 23.9. The predicted molar refractivity (Wildman–Crippen MR) is 131 cm³/mol. The molecule has 0 aromatic heterocycles. The van der Waals surface area contributed by atoms with Gasteiger partial charge in [-0.25, -0.2) is 8.42 Å². The molecule has 1 unspecified atom stereocenters. The van der Waals surface area contributed by atoms with Crippen molar-refractivity contribution in [1.29, 1.82) is 0 Å². The number of sulfonamides is 1. The fourth-order valence-electron chi connectivity index (χ4n) is 5.32. The van der Waals surface area contributed by atoms with Gasteiger partial charge < -0.3 is 9.47 Å². The Morgan fingerprint density at radius 1 is 1.00 bits per heavy atom. The minimum atomic E-state index is -3.83. The first-order chi connectivity index (χ1) is 16.3. The molecule has 0 amide bonds. The van der Waals surface area contributed by atoms with Gasteiger partial charge in [0.05, 0.1) is 16.1 Å². The highest BCUT2D eigenvalue weighted by Crippen LogP contribution is 2.39. The average Bonchev–Trinajstić information content (AvgIpc) is 2.77. The van der Waals surface area contributed by atoms with Gasteiger partial charge in [0, 0.05) is 25.7 Å². The number of anilines is 1. The van der Waals surface area contributed by atoms with Crippen LogP contribution in [0.15, 0.2) is 41.3 Å². The molecule has 182 valence electrons. The van der Waals surface area contributed by atoms with Gasteiger partial charge in [-0.15, -0.1) is 0 Å². The van der Waals surface area contributed by atoms with Crippen LogP contribution in [0.25, 0.3) is 0 Å². The van der Waals surface area contributed by atoms with Gasteiger partial charge in [0.15, 0.2) is 5.78 Å². The van der Waals surface area contributed by atoms with E-state index in [-0.39, 0.29) is 29.2 Å². The lowest BCUT2D eigenvalue weighted by Crippen LogP contribution is -2.44. The van der Waals surface area contributed by atoms with E-state index in [4.69, 9.17) is 9.47 Å². The summed E-state index contributed by atoms with van der Waals surface area (Å²) in [4.78, 5) is 13.2. The van der Waals surface area contributed by atoms with Crippen LogP contribution in [0.2, 0.25) is 0 Å². The Hall–Kier alpha value is -2.38. The average molecular weight is 484 g/mol. The number of hydrogen-bond donors (Lipinski definition) is 0. The highest BCUT2D eigenvalue weighted by atomic mass is 32.2. The molecule has 3 aliphatic rings. The van der Waals surface area contributed by atoms with Crippen LogP contribution in [-0.4, -0.2) is 39.6 Å². The van der Waals surface area contributed by atoms with E-state index >= 15 is 0 Å². The third-order valence-corrected chi connectivity index (χ3v) is 9.31. The van der Waals surface area contributed by atoms with Crippen molar-refractivity contribution in [2.24, 2.45) is 5.92 Å². The minimum absolute atomic E-state index is 0.0444. The first kappa shape index (κ1) is 23.4. The summed E-state index contributed by atoms with van der Waals surface area (Å²) < 4.78 is 40.9. The maximum absolute atomic E-state index is 13.9. The highest BCUT2D eigenvalue weighted by molar-refractivity contribution is 7.92. The molecule has 6 nitrogen and oxygen atoms in total. The molecule has 34 heavy (non-hydrogen) atoms. The van der Waals surface area contributed by atoms with Crippen LogP contribution >= 0.6 is 0 Å². The van der Waals surface area contributed by atoms with Gasteiger partial charge in [-0.1, -0.05) is 17.7 Å². The number of ether oxygens (including phenoxy) is 2. The van der Waals surface area contributed by atoms with Crippen LogP contribution in [0.5, 0.6) is 5.75 Å². The van der Waals surface area contributed by atoms with E-state index in [1.165, 1.54) is 6.07 Å². The number of Topliss-reactive ketones (excluding diaryl/α,β-unsaturated/α-hetero) is 1. The Kier molecular flexibility index (Phi) is 6.42. The van der Waals surface area contributed by atoms with Crippen LogP contribution in [0, 0.1) is 19.8 Å². The van der Waals surface area contributed by atoms with E-state index in [1.807, 2.05) is 32.0 Å². The minimum Gasteiger partial charge on any atom is -0.489 e. The normalized spacial score (nSPS) is 21.5. The predicted octanol–water partition coefficient (Wildman–Crippen LogP) is 5.20. The summed E-state index contributed by atoms with van der Waals surface area (Å²) in [6, 6.07) is 10.6. The number of rotatable bonds is 6. The number of hydrogen-bond acceptors (Lipinski definition) is 5. The summed E-state index contributed by atoms with van der Waals surface area (Å²) in [7, 11) is -3.83. The molecule has 1 saturated carbocycles. The van der Waals surface area contributed by atoms with Gasteiger partial charge >= 0.3 is 0 Å². The molecule has 2 fully saturated rings. The SMILES string of the molecule is Cc1ccc(N(C2CCC2)S(=O)(=O)c2ccc3c(c2)C(=O)CC(CC2CCOCC2)O3)c(C)c1. The van der Waals surface area contributed by atoms with Crippen molar-refractivity contribution in [3.05, 3.63) is 53.1 Å². The molecule has 5 rings (SSSR count). The first-order valence-electron chi connectivity index (χ1n) is 12.4. The third-order valence-electron chi connectivity index (χ3n) is 7.45. The van der Waals surface area contributed by atoms with Crippen molar-refractivity contribution in [3.63, 3.8) is 0 Å². The summed E-state index contributed by atoms with van der Waals surface area (Å²) in [5.41, 5.74) is 3.12. The van der Waals surface area contributed by atoms with Crippen molar-refractivity contribution >= 4 is 21.5 Å². The second-order valence-electron chi connectivity index (χ2n) is 9.99. The van der Waals surface area contributed by atoms with Crippen LogP contribution in [0.4, 0.5) is 5.69 Å². The van der Waals surface area contributed by atoms with Crippen LogP contribution in [0.1, 0.15) is 66.4 Å². The molecule has 2 heterocycles. The molecule has 0 spiro atoms. The van der Waals surface area contributed by atoms with Crippen molar-refractivity contribution in [1.82, 2.24) is 0 Å². The number of fused-ring (bicyclic) bond motifs is 1. The summed E-state index contributed by atoms with van der Waals surface area (Å²) >= 11 is 0. The van der Waals surface area contributed by atoms with E-state index < -0.39 is 10.0 Å². The largest absolute Gasteiger partial charge is 0.489 e. The standard InChI is InChI=1S/C27H33NO5S/c1-18-6-8-25(19(2)14-18)28(21-4-3-5-21)34(30,31)23-7-9-27-24(17-23)26(29)16-22(33-27)15-20-10-12-32-13-11-20/h6-9,14,17,20-22H,3-5,10-13,15-16H2,1-2H3. The van der Waals surface area contributed by atoms with Gasteiger partial charge in [0.1, 0.15) is 11.9 Å². The van der Waals surface area contributed by atoms with E-state index in [0.29, 0.717) is 22.9 Å². The summed E-state index contributed by atoms with van der Waals surface area (Å²) in [6.45, 7) is 5.48. The molecular formula is C27H33NO5S. The maximum Gasteiger partial charge on any atom is 0.264 e. The highest BCUT2D eigenvalue weighted by Gasteiger charge is 2.37. The van der Waals surface area contributed by atoms with Gasteiger partial charge in [0.25, 0.3) is 10.0 Å². The number of carbonyl (C=O) groups is 1. The fourth-order valence-corrected chi connectivity index (χ4v) is 7.12. The van der Waals surface area contributed by atoms with E-state index in [9.17, 15) is 13.2 Å². The number of carbonyl (C=O) groups excluding carboxylic acids is 1. The zero-order valence-corrected chi connectivity index (χ0v) is 20.8.